The van der Waals surface area contributed by atoms with Crippen molar-refractivity contribution in [3.8, 4) is 0 Å². The molecule has 2 aliphatic heterocycles. The van der Waals surface area contributed by atoms with Crippen LogP contribution in [0.4, 0.5) is 6.01 Å². The van der Waals surface area contributed by atoms with Crippen molar-refractivity contribution in [3.05, 3.63) is 23.2 Å². The summed E-state index contributed by atoms with van der Waals surface area (Å²) in [6.07, 6.45) is 2.43. The number of piperidine rings is 1. The minimum absolute atomic E-state index is 0.0519. The van der Waals surface area contributed by atoms with Crippen LogP contribution in [0.25, 0.3) is 11.1 Å². The number of piperazine rings is 1. The van der Waals surface area contributed by atoms with Crippen molar-refractivity contribution < 1.29 is 14.0 Å². The average molecular weight is 377 g/mol. The van der Waals surface area contributed by atoms with Crippen molar-refractivity contribution in [2.24, 2.45) is 5.92 Å². The third-order valence-electron chi connectivity index (χ3n) is 4.98. The molecule has 7 nitrogen and oxygen atoms in total. The van der Waals surface area contributed by atoms with Crippen LogP contribution in [0.3, 0.4) is 0 Å². The van der Waals surface area contributed by atoms with Crippen LogP contribution in [0.5, 0.6) is 0 Å². The van der Waals surface area contributed by atoms with Crippen molar-refractivity contribution in [3.63, 3.8) is 0 Å². The number of hydrogen-bond acceptors (Lipinski definition) is 5. The summed E-state index contributed by atoms with van der Waals surface area (Å²) in [6, 6.07) is 5.98. The number of halogens is 1. The molecular formula is C18H21ClN4O3. The smallest absolute Gasteiger partial charge is 0.298 e. The van der Waals surface area contributed by atoms with Crippen LogP contribution in [-0.2, 0) is 9.59 Å². The zero-order valence-electron chi connectivity index (χ0n) is 14.4. The van der Waals surface area contributed by atoms with E-state index in [1.807, 2.05) is 6.07 Å². The topological polar surface area (TPSA) is 78.7 Å². The number of nitrogens with zero attached hydrogens (tertiary/aromatic N) is 3. The van der Waals surface area contributed by atoms with Crippen LogP contribution < -0.4 is 10.2 Å². The van der Waals surface area contributed by atoms with Gasteiger partial charge >= 0.3 is 0 Å². The molecule has 2 aliphatic rings. The fraction of sp³-hybridized carbons (Fsp3) is 0.500. The number of hydrogen-bond donors (Lipinski definition) is 1. The van der Waals surface area contributed by atoms with Gasteiger partial charge in [-0.15, -0.1) is 0 Å². The molecule has 4 rings (SSSR count). The predicted octanol–water partition coefficient (Wildman–Crippen LogP) is 2.05. The first-order chi connectivity index (χ1) is 12.6. The van der Waals surface area contributed by atoms with Crippen LogP contribution in [0.15, 0.2) is 22.6 Å². The molecular weight excluding hydrogens is 356 g/mol. The second-order valence-corrected chi connectivity index (χ2v) is 7.37. The van der Waals surface area contributed by atoms with Gasteiger partial charge in [0.2, 0.25) is 11.8 Å². The van der Waals surface area contributed by atoms with Crippen LogP contribution in [0.2, 0.25) is 5.02 Å². The van der Waals surface area contributed by atoms with Gasteiger partial charge in [-0.3, -0.25) is 9.59 Å². The van der Waals surface area contributed by atoms with E-state index >= 15 is 0 Å². The largest absolute Gasteiger partial charge is 0.423 e. The number of carbonyl (C=O) groups excluding carboxylic acids is 2. The Hall–Kier alpha value is -2.28. The number of nitrogens with one attached hydrogen (secondary N) is 1. The highest BCUT2D eigenvalue weighted by molar-refractivity contribution is 6.31. The van der Waals surface area contributed by atoms with E-state index in [0.29, 0.717) is 36.1 Å². The zero-order chi connectivity index (χ0) is 18.1. The maximum absolute atomic E-state index is 12.5. The molecule has 1 N–H and O–H groups in total. The van der Waals surface area contributed by atoms with Crippen molar-refractivity contribution >= 4 is 40.5 Å². The molecule has 138 valence electrons. The van der Waals surface area contributed by atoms with Gasteiger partial charge < -0.3 is 19.5 Å². The Balaban J connectivity index is 1.41. The van der Waals surface area contributed by atoms with E-state index in [9.17, 15) is 9.59 Å². The molecule has 0 spiro atoms. The Kier molecular flexibility index (Phi) is 4.72. The number of amides is 2. The summed E-state index contributed by atoms with van der Waals surface area (Å²) in [5, 5.41) is 3.36. The molecule has 1 aromatic heterocycles. The molecule has 0 radical (unpaired) electrons. The summed E-state index contributed by atoms with van der Waals surface area (Å²) in [6.45, 7) is 2.88. The maximum Gasteiger partial charge on any atom is 0.298 e. The van der Waals surface area contributed by atoms with E-state index in [1.54, 1.807) is 17.0 Å². The number of fused-ring (bicyclic) bond motifs is 1. The summed E-state index contributed by atoms with van der Waals surface area (Å²) in [7, 11) is 0. The second-order valence-electron chi connectivity index (χ2n) is 6.93. The Morgan fingerprint density at radius 2 is 2.27 bits per heavy atom. The van der Waals surface area contributed by atoms with Crippen molar-refractivity contribution in [2.75, 3.05) is 37.6 Å². The molecule has 0 bridgehead atoms. The molecule has 8 heteroatoms. The lowest BCUT2D eigenvalue weighted by atomic mass is 9.94. The van der Waals surface area contributed by atoms with E-state index in [2.05, 4.69) is 15.2 Å². The van der Waals surface area contributed by atoms with Gasteiger partial charge in [0.15, 0.2) is 5.58 Å². The van der Waals surface area contributed by atoms with E-state index in [0.717, 1.165) is 31.4 Å². The Bertz CT molecular complexity index is 837. The second kappa shape index (κ2) is 7.15. The van der Waals surface area contributed by atoms with Gasteiger partial charge in [0.05, 0.1) is 6.54 Å². The first-order valence-corrected chi connectivity index (χ1v) is 9.32. The first-order valence-electron chi connectivity index (χ1n) is 8.94. The predicted molar refractivity (Wildman–Crippen MR) is 98.2 cm³/mol. The average Bonchev–Trinajstić information content (AvgIpc) is 3.05. The Morgan fingerprint density at radius 3 is 3.12 bits per heavy atom. The number of aromatic nitrogens is 1. The van der Waals surface area contributed by atoms with Gasteiger partial charge in [0.1, 0.15) is 5.52 Å². The van der Waals surface area contributed by atoms with Crippen molar-refractivity contribution in [1.82, 2.24) is 15.2 Å². The third kappa shape index (κ3) is 3.62. The lowest BCUT2D eigenvalue weighted by Gasteiger charge is -2.33. The summed E-state index contributed by atoms with van der Waals surface area (Å²) >= 11 is 6.01. The number of oxazole rings is 1. The van der Waals surface area contributed by atoms with Gasteiger partial charge in [-0.2, -0.15) is 4.98 Å². The zero-order valence-corrected chi connectivity index (χ0v) is 15.2. The lowest BCUT2D eigenvalue weighted by Crippen LogP contribution is -2.50. The highest BCUT2D eigenvalue weighted by atomic mass is 35.5. The maximum atomic E-state index is 12.5. The molecule has 2 aromatic rings. The molecule has 1 atom stereocenters. The van der Waals surface area contributed by atoms with Gasteiger partial charge in [-0.05, 0) is 30.9 Å². The van der Waals surface area contributed by atoms with Crippen LogP contribution in [0, 0.1) is 5.92 Å². The molecule has 1 aromatic carbocycles. The molecule has 1 unspecified atom stereocenters. The van der Waals surface area contributed by atoms with Crippen molar-refractivity contribution in [2.45, 2.75) is 19.3 Å². The standard InChI is InChI=1S/C18H21ClN4O3/c19-13-3-4-14-15(9-13)26-18(21-14)23-6-1-2-12(10-23)8-17(25)22-7-5-20-16(24)11-22/h3-4,9,12H,1-2,5-8,10-11H2,(H,20,24). The first kappa shape index (κ1) is 17.1. The molecule has 2 fully saturated rings. The molecule has 26 heavy (non-hydrogen) atoms. The minimum Gasteiger partial charge on any atom is -0.423 e. The number of anilines is 1. The Morgan fingerprint density at radius 1 is 1.38 bits per heavy atom. The van der Waals surface area contributed by atoms with Gasteiger partial charge in [0, 0.05) is 43.7 Å². The number of rotatable bonds is 3. The van der Waals surface area contributed by atoms with Gasteiger partial charge in [-0.25, -0.2) is 0 Å². The summed E-state index contributed by atoms with van der Waals surface area (Å²) in [5.74, 6) is 0.205. The number of benzene rings is 1. The van der Waals surface area contributed by atoms with E-state index in [4.69, 9.17) is 16.0 Å². The molecule has 2 saturated heterocycles. The quantitative estimate of drug-likeness (QED) is 0.886. The molecule has 2 amide bonds. The lowest BCUT2D eigenvalue weighted by molar-refractivity contribution is -0.139. The molecule has 0 aliphatic carbocycles. The number of carbonyl (C=O) groups is 2. The monoisotopic (exact) mass is 376 g/mol. The fourth-order valence-corrected chi connectivity index (χ4v) is 3.82. The van der Waals surface area contributed by atoms with Crippen LogP contribution in [-0.4, -0.2) is 54.4 Å². The Labute approximate surface area is 156 Å². The van der Waals surface area contributed by atoms with E-state index in [1.165, 1.54) is 0 Å². The van der Waals surface area contributed by atoms with E-state index in [-0.39, 0.29) is 24.3 Å². The summed E-state index contributed by atoms with van der Waals surface area (Å²) in [5.41, 5.74) is 1.45. The minimum atomic E-state index is -0.0833. The fourth-order valence-electron chi connectivity index (χ4n) is 3.65. The van der Waals surface area contributed by atoms with Crippen LogP contribution >= 0.6 is 11.6 Å². The van der Waals surface area contributed by atoms with Gasteiger partial charge in [0.25, 0.3) is 6.01 Å². The third-order valence-corrected chi connectivity index (χ3v) is 5.22. The van der Waals surface area contributed by atoms with Gasteiger partial charge in [-0.1, -0.05) is 11.6 Å². The highest BCUT2D eigenvalue weighted by Crippen LogP contribution is 2.29. The summed E-state index contributed by atoms with van der Waals surface area (Å²) < 4.78 is 5.85. The highest BCUT2D eigenvalue weighted by Gasteiger charge is 2.28. The molecule has 3 heterocycles. The summed E-state index contributed by atoms with van der Waals surface area (Å²) in [4.78, 5) is 32.3. The van der Waals surface area contributed by atoms with E-state index < -0.39 is 0 Å². The normalized spacial score (nSPS) is 21.1. The SMILES string of the molecule is O=C1CN(C(=O)CC2CCCN(c3nc4ccc(Cl)cc4o3)C2)CCN1. The van der Waals surface area contributed by atoms with Crippen LogP contribution in [0.1, 0.15) is 19.3 Å². The molecule has 0 saturated carbocycles. The van der Waals surface area contributed by atoms with Crippen molar-refractivity contribution in [1.29, 1.82) is 0 Å².